The normalized spacial score (nSPS) is 21.7. The minimum absolute atomic E-state index is 0.130. The van der Waals surface area contributed by atoms with Gasteiger partial charge >= 0.3 is 0 Å². The number of ether oxygens (including phenoxy) is 1. The van der Waals surface area contributed by atoms with E-state index in [-0.39, 0.29) is 11.5 Å². The van der Waals surface area contributed by atoms with E-state index >= 15 is 0 Å². The molecule has 106 valence electrons. The van der Waals surface area contributed by atoms with Crippen molar-refractivity contribution in [2.75, 3.05) is 26.3 Å². The first-order valence-electron chi connectivity index (χ1n) is 6.52. The molecule has 2 fully saturated rings. The smallest absolute Gasteiger partial charge is 0.244 e. The van der Waals surface area contributed by atoms with Gasteiger partial charge in [-0.15, -0.1) is 0 Å². The van der Waals surface area contributed by atoms with Crippen LogP contribution in [0.4, 0.5) is 0 Å². The number of hydrogen-bond acceptors (Lipinski definition) is 4. The number of sulfonamides is 1. The molecule has 2 aliphatic rings. The van der Waals surface area contributed by atoms with Gasteiger partial charge in [0, 0.05) is 31.0 Å². The average Bonchev–Trinajstić information content (AvgIpc) is 3.18. The molecule has 1 saturated heterocycles. The first-order chi connectivity index (χ1) is 9.13. The summed E-state index contributed by atoms with van der Waals surface area (Å²) in [6.07, 6.45) is 3.77. The highest BCUT2D eigenvalue weighted by Gasteiger charge is 2.31. The van der Waals surface area contributed by atoms with Crippen LogP contribution in [0.3, 0.4) is 0 Å². The fourth-order valence-corrected chi connectivity index (χ4v) is 3.85. The van der Waals surface area contributed by atoms with Gasteiger partial charge in [-0.1, -0.05) is 0 Å². The highest BCUT2D eigenvalue weighted by Crippen LogP contribution is 2.37. The maximum absolute atomic E-state index is 12.5. The summed E-state index contributed by atoms with van der Waals surface area (Å²) in [4.78, 5) is 0.283. The van der Waals surface area contributed by atoms with Crippen LogP contribution in [0.5, 0.6) is 0 Å². The lowest BCUT2D eigenvalue weighted by Gasteiger charge is -2.25. The zero-order valence-electron chi connectivity index (χ0n) is 10.7. The Hall–Kier alpha value is -0.890. The summed E-state index contributed by atoms with van der Waals surface area (Å²) < 4.78 is 33.5. The Morgan fingerprint density at radius 3 is 2.58 bits per heavy atom. The molecule has 1 N–H and O–H groups in total. The first kappa shape index (κ1) is 13.1. The molecule has 1 aromatic heterocycles. The minimum atomic E-state index is -3.46. The van der Waals surface area contributed by atoms with Gasteiger partial charge in [0.05, 0.1) is 19.8 Å². The number of aromatic nitrogens is 1. The van der Waals surface area contributed by atoms with Crippen molar-refractivity contribution in [1.82, 2.24) is 8.87 Å². The number of hydrogen-bond donors (Lipinski definition) is 1. The monoisotopic (exact) mass is 286 g/mol. The largest absolute Gasteiger partial charge is 0.390 e. The Bertz CT molecular complexity index is 556. The third-order valence-electron chi connectivity index (χ3n) is 3.62. The zero-order valence-corrected chi connectivity index (χ0v) is 11.5. The van der Waals surface area contributed by atoms with Gasteiger partial charge in [0.15, 0.2) is 0 Å². The SMILES string of the molecule is O=S(=O)(c1cc(CO)n(C2CC2)c1)N1CCOCC1. The van der Waals surface area contributed by atoms with Gasteiger partial charge in [-0.2, -0.15) is 4.31 Å². The fourth-order valence-electron chi connectivity index (χ4n) is 2.39. The Morgan fingerprint density at radius 2 is 2.00 bits per heavy atom. The molecule has 1 aliphatic carbocycles. The van der Waals surface area contributed by atoms with Crippen molar-refractivity contribution in [3.63, 3.8) is 0 Å². The number of aliphatic hydroxyl groups excluding tert-OH is 1. The van der Waals surface area contributed by atoms with Gasteiger partial charge in [0.1, 0.15) is 4.90 Å². The Kier molecular flexibility index (Phi) is 3.38. The van der Waals surface area contributed by atoms with E-state index in [4.69, 9.17) is 4.74 Å². The number of aliphatic hydroxyl groups is 1. The van der Waals surface area contributed by atoms with Crippen LogP contribution in [-0.2, 0) is 21.4 Å². The fraction of sp³-hybridized carbons (Fsp3) is 0.667. The summed E-state index contributed by atoms with van der Waals surface area (Å²) in [6.45, 7) is 1.54. The van der Waals surface area contributed by atoms with Gasteiger partial charge in [-0.3, -0.25) is 0 Å². The van der Waals surface area contributed by atoms with E-state index < -0.39 is 10.0 Å². The van der Waals surface area contributed by atoms with Crippen molar-refractivity contribution < 1.29 is 18.3 Å². The highest BCUT2D eigenvalue weighted by atomic mass is 32.2. The molecule has 2 heterocycles. The Balaban J connectivity index is 1.91. The average molecular weight is 286 g/mol. The molecule has 6 nitrogen and oxygen atoms in total. The molecular weight excluding hydrogens is 268 g/mol. The van der Waals surface area contributed by atoms with E-state index in [1.807, 2.05) is 4.57 Å². The lowest BCUT2D eigenvalue weighted by Crippen LogP contribution is -2.40. The van der Waals surface area contributed by atoms with E-state index in [0.29, 0.717) is 38.0 Å². The van der Waals surface area contributed by atoms with Crippen LogP contribution >= 0.6 is 0 Å². The van der Waals surface area contributed by atoms with Gasteiger partial charge in [-0.05, 0) is 18.9 Å². The van der Waals surface area contributed by atoms with Crippen LogP contribution in [0, 0.1) is 0 Å². The van der Waals surface area contributed by atoms with Crippen molar-refractivity contribution in [3.05, 3.63) is 18.0 Å². The minimum Gasteiger partial charge on any atom is -0.390 e. The van der Waals surface area contributed by atoms with E-state index in [1.165, 1.54) is 4.31 Å². The Labute approximate surface area is 112 Å². The van der Waals surface area contributed by atoms with Crippen LogP contribution in [0.25, 0.3) is 0 Å². The van der Waals surface area contributed by atoms with Crippen LogP contribution < -0.4 is 0 Å². The molecule has 0 radical (unpaired) electrons. The van der Waals surface area contributed by atoms with E-state index in [0.717, 1.165) is 12.8 Å². The summed E-state index contributed by atoms with van der Waals surface area (Å²) in [5, 5.41) is 9.34. The van der Waals surface area contributed by atoms with Gasteiger partial charge in [-0.25, -0.2) is 8.42 Å². The van der Waals surface area contributed by atoms with Crippen molar-refractivity contribution >= 4 is 10.0 Å². The second-order valence-corrected chi connectivity index (χ2v) is 6.92. The summed E-state index contributed by atoms with van der Waals surface area (Å²) in [6, 6.07) is 1.94. The molecule has 0 aromatic carbocycles. The molecule has 1 aromatic rings. The van der Waals surface area contributed by atoms with Crippen molar-refractivity contribution in [2.45, 2.75) is 30.4 Å². The second kappa shape index (κ2) is 4.90. The van der Waals surface area contributed by atoms with Crippen molar-refractivity contribution in [1.29, 1.82) is 0 Å². The summed E-state index contributed by atoms with van der Waals surface area (Å²) in [5.41, 5.74) is 0.675. The third-order valence-corrected chi connectivity index (χ3v) is 5.48. The summed E-state index contributed by atoms with van der Waals surface area (Å²) >= 11 is 0. The van der Waals surface area contributed by atoms with Crippen LogP contribution in [0.1, 0.15) is 24.6 Å². The third kappa shape index (κ3) is 2.43. The first-order valence-corrected chi connectivity index (χ1v) is 7.96. The number of rotatable bonds is 4. The lowest BCUT2D eigenvalue weighted by molar-refractivity contribution is 0.0730. The highest BCUT2D eigenvalue weighted by molar-refractivity contribution is 7.89. The van der Waals surface area contributed by atoms with Crippen LogP contribution in [0.15, 0.2) is 17.2 Å². The standard InChI is InChI=1S/C12H18N2O4S/c15-9-11-7-12(8-14(11)10-1-2-10)19(16,17)13-3-5-18-6-4-13/h7-8,10,15H,1-6,9H2. The van der Waals surface area contributed by atoms with Crippen LogP contribution in [0.2, 0.25) is 0 Å². The molecule has 7 heteroatoms. The van der Waals surface area contributed by atoms with E-state index in [9.17, 15) is 13.5 Å². The summed E-state index contributed by atoms with van der Waals surface area (Å²) in [7, 11) is -3.46. The number of morpholine rings is 1. The predicted molar refractivity (Wildman–Crippen MR) is 68.2 cm³/mol. The maximum atomic E-state index is 12.5. The van der Waals surface area contributed by atoms with Crippen molar-refractivity contribution in [3.8, 4) is 0 Å². The molecule has 3 rings (SSSR count). The van der Waals surface area contributed by atoms with E-state index in [2.05, 4.69) is 0 Å². The molecule has 1 aliphatic heterocycles. The quantitative estimate of drug-likeness (QED) is 0.866. The summed E-state index contributed by atoms with van der Waals surface area (Å²) in [5.74, 6) is 0. The Morgan fingerprint density at radius 1 is 1.32 bits per heavy atom. The molecule has 0 atom stereocenters. The molecule has 0 spiro atoms. The molecule has 1 saturated carbocycles. The van der Waals surface area contributed by atoms with Gasteiger partial charge < -0.3 is 14.4 Å². The zero-order chi connectivity index (χ0) is 13.5. The maximum Gasteiger partial charge on any atom is 0.244 e. The van der Waals surface area contributed by atoms with Gasteiger partial charge in [0.25, 0.3) is 0 Å². The predicted octanol–water partition coefficient (Wildman–Crippen LogP) is 0.336. The molecule has 0 unspecified atom stereocenters. The lowest BCUT2D eigenvalue weighted by atomic mass is 10.4. The molecule has 0 amide bonds. The van der Waals surface area contributed by atoms with Crippen LogP contribution in [-0.4, -0.2) is 48.7 Å². The van der Waals surface area contributed by atoms with E-state index in [1.54, 1.807) is 12.3 Å². The topological polar surface area (TPSA) is 71.8 Å². The second-order valence-electron chi connectivity index (χ2n) is 4.98. The molecular formula is C12H18N2O4S. The number of nitrogens with zero attached hydrogens (tertiary/aromatic N) is 2. The van der Waals surface area contributed by atoms with Crippen molar-refractivity contribution in [2.24, 2.45) is 0 Å². The molecule has 0 bridgehead atoms. The molecule has 19 heavy (non-hydrogen) atoms. The van der Waals surface area contributed by atoms with Gasteiger partial charge in [0.2, 0.25) is 10.0 Å².